The van der Waals surface area contributed by atoms with Crippen LogP contribution in [0.2, 0.25) is 0 Å². The Bertz CT molecular complexity index is 501. The van der Waals surface area contributed by atoms with Crippen LogP contribution in [0.15, 0.2) is 28.7 Å². The van der Waals surface area contributed by atoms with Gasteiger partial charge in [0, 0.05) is 17.6 Å². The van der Waals surface area contributed by atoms with E-state index in [4.69, 9.17) is 4.74 Å². The van der Waals surface area contributed by atoms with Gasteiger partial charge >= 0.3 is 0 Å². The molecule has 1 saturated heterocycles. The van der Waals surface area contributed by atoms with E-state index >= 15 is 0 Å². The molecule has 0 aliphatic carbocycles. The fourth-order valence-electron chi connectivity index (χ4n) is 2.15. The fourth-order valence-corrected chi connectivity index (χ4v) is 2.58. The maximum absolute atomic E-state index is 11.8. The molecule has 1 aromatic carbocycles. The molecular formula is C15H19BrN2O3. The first-order valence-electron chi connectivity index (χ1n) is 7.03. The van der Waals surface area contributed by atoms with Crippen LogP contribution in [0.1, 0.15) is 18.4 Å². The molecule has 114 valence electrons. The van der Waals surface area contributed by atoms with Crippen molar-refractivity contribution in [2.75, 3.05) is 19.7 Å². The summed E-state index contributed by atoms with van der Waals surface area (Å²) in [5, 5.41) is 5.39. The van der Waals surface area contributed by atoms with Crippen LogP contribution in [0, 0.1) is 0 Å². The van der Waals surface area contributed by atoms with Crippen LogP contribution in [-0.2, 0) is 20.7 Å². The second-order valence-corrected chi connectivity index (χ2v) is 5.84. The second-order valence-electron chi connectivity index (χ2n) is 4.98. The Labute approximate surface area is 132 Å². The minimum absolute atomic E-state index is 0.00396. The van der Waals surface area contributed by atoms with Crippen molar-refractivity contribution >= 4 is 27.7 Å². The molecule has 2 rings (SSSR count). The minimum Gasteiger partial charge on any atom is -0.376 e. The van der Waals surface area contributed by atoms with E-state index in [-0.39, 0.29) is 30.9 Å². The van der Waals surface area contributed by atoms with E-state index in [1.54, 1.807) is 0 Å². The molecule has 1 aliphatic heterocycles. The van der Waals surface area contributed by atoms with E-state index in [9.17, 15) is 9.59 Å². The maximum atomic E-state index is 11.8. The highest BCUT2D eigenvalue weighted by molar-refractivity contribution is 9.10. The Morgan fingerprint density at radius 1 is 1.24 bits per heavy atom. The Morgan fingerprint density at radius 3 is 2.76 bits per heavy atom. The quantitative estimate of drug-likeness (QED) is 0.811. The minimum atomic E-state index is -0.189. The van der Waals surface area contributed by atoms with Crippen molar-refractivity contribution in [2.45, 2.75) is 25.4 Å². The number of ether oxygens (including phenoxy) is 1. The van der Waals surface area contributed by atoms with Crippen LogP contribution in [0.4, 0.5) is 0 Å². The number of amides is 2. The van der Waals surface area contributed by atoms with Crippen LogP contribution in [0.5, 0.6) is 0 Å². The number of rotatable bonds is 6. The van der Waals surface area contributed by atoms with Crippen LogP contribution in [0.3, 0.4) is 0 Å². The van der Waals surface area contributed by atoms with Crippen LogP contribution in [-0.4, -0.2) is 37.6 Å². The van der Waals surface area contributed by atoms with E-state index in [2.05, 4.69) is 26.6 Å². The number of hydrogen-bond acceptors (Lipinski definition) is 3. The molecule has 2 amide bonds. The van der Waals surface area contributed by atoms with E-state index < -0.39 is 0 Å². The Balaban J connectivity index is 1.66. The average molecular weight is 355 g/mol. The smallest absolute Gasteiger partial charge is 0.239 e. The lowest BCUT2D eigenvalue weighted by Gasteiger charge is -2.11. The number of nitrogens with one attached hydrogen (secondary N) is 2. The van der Waals surface area contributed by atoms with Gasteiger partial charge in [0.25, 0.3) is 0 Å². The summed E-state index contributed by atoms with van der Waals surface area (Å²) in [7, 11) is 0. The van der Waals surface area contributed by atoms with Gasteiger partial charge in [0.15, 0.2) is 0 Å². The van der Waals surface area contributed by atoms with Crippen molar-refractivity contribution < 1.29 is 14.3 Å². The molecule has 1 aromatic rings. The molecule has 1 unspecified atom stereocenters. The van der Waals surface area contributed by atoms with Gasteiger partial charge in [0.2, 0.25) is 11.8 Å². The van der Waals surface area contributed by atoms with Crippen molar-refractivity contribution in [3.63, 3.8) is 0 Å². The molecule has 0 bridgehead atoms. The average Bonchev–Trinajstić information content (AvgIpc) is 2.99. The van der Waals surface area contributed by atoms with Crippen molar-refractivity contribution in [1.82, 2.24) is 10.6 Å². The zero-order valence-electron chi connectivity index (χ0n) is 11.7. The molecule has 0 radical (unpaired) electrons. The summed E-state index contributed by atoms with van der Waals surface area (Å²) in [5.41, 5.74) is 0.898. The molecule has 5 nitrogen and oxygen atoms in total. The SMILES string of the molecule is O=C(CNC(=O)Cc1ccccc1Br)NCC1CCCO1. The lowest BCUT2D eigenvalue weighted by Crippen LogP contribution is -2.40. The number of carbonyl (C=O) groups excluding carboxylic acids is 2. The fraction of sp³-hybridized carbons (Fsp3) is 0.467. The molecule has 21 heavy (non-hydrogen) atoms. The summed E-state index contributed by atoms with van der Waals surface area (Å²) >= 11 is 3.39. The molecular weight excluding hydrogens is 336 g/mol. The van der Waals surface area contributed by atoms with Crippen molar-refractivity contribution in [2.24, 2.45) is 0 Å². The third kappa shape index (κ3) is 5.47. The van der Waals surface area contributed by atoms with Gasteiger partial charge in [-0.2, -0.15) is 0 Å². The molecule has 2 N–H and O–H groups in total. The lowest BCUT2D eigenvalue weighted by atomic mass is 10.1. The van der Waals surface area contributed by atoms with E-state index in [1.807, 2.05) is 24.3 Å². The van der Waals surface area contributed by atoms with Gasteiger partial charge in [-0.15, -0.1) is 0 Å². The zero-order valence-corrected chi connectivity index (χ0v) is 13.3. The van der Waals surface area contributed by atoms with Crippen LogP contribution in [0.25, 0.3) is 0 Å². The van der Waals surface area contributed by atoms with Crippen molar-refractivity contribution in [3.8, 4) is 0 Å². The highest BCUT2D eigenvalue weighted by atomic mass is 79.9. The van der Waals surface area contributed by atoms with Gasteiger partial charge in [-0.3, -0.25) is 9.59 Å². The number of halogens is 1. The summed E-state index contributed by atoms with van der Waals surface area (Å²) in [4.78, 5) is 23.4. The monoisotopic (exact) mass is 354 g/mol. The van der Waals surface area contributed by atoms with Crippen molar-refractivity contribution in [3.05, 3.63) is 34.3 Å². The highest BCUT2D eigenvalue weighted by Crippen LogP contribution is 2.16. The molecule has 0 aromatic heterocycles. The van der Waals surface area contributed by atoms with Gasteiger partial charge in [-0.05, 0) is 24.5 Å². The molecule has 1 fully saturated rings. The Morgan fingerprint density at radius 2 is 2.05 bits per heavy atom. The predicted molar refractivity (Wildman–Crippen MR) is 82.8 cm³/mol. The second kappa shape index (κ2) is 8.14. The van der Waals surface area contributed by atoms with Gasteiger partial charge in [-0.1, -0.05) is 34.1 Å². The number of benzene rings is 1. The Kier molecular flexibility index (Phi) is 6.20. The predicted octanol–water partition coefficient (Wildman–Crippen LogP) is 1.40. The summed E-state index contributed by atoms with van der Waals surface area (Å²) in [6.07, 6.45) is 2.39. The van der Waals surface area contributed by atoms with Gasteiger partial charge in [-0.25, -0.2) is 0 Å². The summed E-state index contributed by atoms with van der Waals surface area (Å²) in [6.45, 7) is 1.28. The molecule has 6 heteroatoms. The largest absolute Gasteiger partial charge is 0.376 e. The molecule has 1 aliphatic rings. The molecule has 0 spiro atoms. The standard InChI is InChI=1S/C15H19BrN2O3/c16-13-6-2-1-4-11(13)8-14(19)18-10-15(20)17-9-12-5-3-7-21-12/h1-2,4,6,12H,3,5,7-10H2,(H,17,20)(H,18,19). The van der Waals surface area contributed by atoms with Gasteiger partial charge in [0.05, 0.1) is 19.1 Å². The number of hydrogen-bond donors (Lipinski definition) is 2. The zero-order chi connectivity index (χ0) is 15.1. The molecule has 0 saturated carbocycles. The first-order chi connectivity index (χ1) is 10.1. The molecule has 1 atom stereocenters. The first kappa shape index (κ1) is 16.0. The first-order valence-corrected chi connectivity index (χ1v) is 7.83. The third-order valence-electron chi connectivity index (χ3n) is 3.31. The van der Waals surface area contributed by atoms with Gasteiger partial charge in [0.1, 0.15) is 0 Å². The summed E-state index contributed by atoms with van der Waals surface area (Å²) in [6, 6.07) is 7.53. The van der Waals surface area contributed by atoms with Crippen LogP contribution >= 0.6 is 15.9 Å². The third-order valence-corrected chi connectivity index (χ3v) is 4.08. The van der Waals surface area contributed by atoms with Gasteiger partial charge < -0.3 is 15.4 Å². The van der Waals surface area contributed by atoms with E-state index in [0.717, 1.165) is 29.5 Å². The Hall–Kier alpha value is -1.40. The maximum Gasteiger partial charge on any atom is 0.239 e. The summed E-state index contributed by atoms with van der Waals surface area (Å²) < 4.78 is 6.31. The van der Waals surface area contributed by atoms with E-state index in [1.165, 1.54) is 0 Å². The van der Waals surface area contributed by atoms with Crippen LogP contribution < -0.4 is 10.6 Å². The topological polar surface area (TPSA) is 67.4 Å². The molecule has 1 heterocycles. The highest BCUT2D eigenvalue weighted by Gasteiger charge is 2.16. The normalized spacial score (nSPS) is 17.5. The lowest BCUT2D eigenvalue weighted by molar-refractivity contribution is -0.126. The van der Waals surface area contributed by atoms with E-state index in [0.29, 0.717) is 6.54 Å². The number of carbonyl (C=O) groups is 2. The van der Waals surface area contributed by atoms with Crippen molar-refractivity contribution in [1.29, 1.82) is 0 Å². The summed E-state index contributed by atoms with van der Waals surface area (Å²) in [5.74, 6) is -0.361.